The Bertz CT molecular complexity index is 281. The lowest BCUT2D eigenvalue weighted by Gasteiger charge is -2.06. The fourth-order valence-electron chi connectivity index (χ4n) is 1.78. The van der Waals surface area contributed by atoms with E-state index in [1.54, 1.807) is 0 Å². The third-order valence-electron chi connectivity index (χ3n) is 2.54. The molecule has 1 aliphatic heterocycles. The largest absolute Gasteiger partial charge is 0.378 e. The first-order valence-corrected chi connectivity index (χ1v) is 4.63. The summed E-state index contributed by atoms with van der Waals surface area (Å²) in [6.07, 6.45) is 1.39. The van der Waals surface area contributed by atoms with Crippen molar-refractivity contribution in [1.29, 1.82) is 0 Å². The SMILES string of the molecule is C[C@@H]1C[C@@H](c2ccc(F)cc2)CO1. The van der Waals surface area contributed by atoms with Crippen molar-refractivity contribution < 1.29 is 9.13 Å². The second kappa shape index (κ2) is 3.46. The van der Waals surface area contributed by atoms with E-state index in [2.05, 4.69) is 6.92 Å². The van der Waals surface area contributed by atoms with Crippen LogP contribution in [-0.2, 0) is 4.74 Å². The van der Waals surface area contributed by atoms with Crippen LogP contribution in [0.15, 0.2) is 24.3 Å². The van der Waals surface area contributed by atoms with E-state index >= 15 is 0 Å². The Morgan fingerprint density at radius 3 is 2.54 bits per heavy atom. The van der Waals surface area contributed by atoms with Crippen LogP contribution in [0.4, 0.5) is 4.39 Å². The molecule has 1 saturated heterocycles. The van der Waals surface area contributed by atoms with Gasteiger partial charge in [0.1, 0.15) is 5.82 Å². The molecule has 0 saturated carbocycles. The Morgan fingerprint density at radius 1 is 1.31 bits per heavy atom. The van der Waals surface area contributed by atoms with Crippen molar-refractivity contribution in [2.45, 2.75) is 25.4 Å². The molecule has 1 nitrogen and oxygen atoms in total. The lowest BCUT2D eigenvalue weighted by Crippen LogP contribution is -1.97. The fourth-order valence-corrected chi connectivity index (χ4v) is 1.78. The van der Waals surface area contributed by atoms with Crippen LogP contribution in [-0.4, -0.2) is 12.7 Å². The monoisotopic (exact) mass is 180 g/mol. The number of benzene rings is 1. The van der Waals surface area contributed by atoms with E-state index in [4.69, 9.17) is 4.74 Å². The summed E-state index contributed by atoms with van der Waals surface area (Å²) in [5.41, 5.74) is 1.19. The first-order chi connectivity index (χ1) is 6.25. The highest BCUT2D eigenvalue weighted by Crippen LogP contribution is 2.28. The summed E-state index contributed by atoms with van der Waals surface area (Å²) in [6, 6.07) is 6.72. The molecule has 1 heterocycles. The molecule has 1 fully saturated rings. The molecule has 1 aromatic carbocycles. The standard InChI is InChI=1S/C11H13FO/c1-8-6-10(7-13-8)9-2-4-11(12)5-3-9/h2-5,8,10H,6-7H2,1H3/t8-,10-/m1/s1. The Kier molecular flexibility index (Phi) is 2.32. The zero-order valence-corrected chi connectivity index (χ0v) is 7.66. The zero-order valence-electron chi connectivity index (χ0n) is 7.66. The van der Waals surface area contributed by atoms with Gasteiger partial charge in [0.05, 0.1) is 12.7 Å². The Hall–Kier alpha value is -0.890. The molecule has 13 heavy (non-hydrogen) atoms. The third-order valence-corrected chi connectivity index (χ3v) is 2.54. The predicted octanol–water partition coefficient (Wildman–Crippen LogP) is 2.72. The molecule has 2 atom stereocenters. The molecule has 0 amide bonds. The van der Waals surface area contributed by atoms with E-state index in [0.29, 0.717) is 12.0 Å². The molecule has 0 aliphatic carbocycles. The number of hydrogen-bond acceptors (Lipinski definition) is 1. The fraction of sp³-hybridized carbons (Fsp3) is 0.455. The topological polar surface area (TPSA) is 9.23 Å². The maximum absolute atomic E-state index is 12.6. The van der Waals surface area contributed by atoms with Gasteiger partial charge in [0.2, 0.25) is 0 Å². The highest BCUT2D eigenvalue weighted by molar-refractivity contribution is 5.21. The zero-order chi connectivity index (χ0) is 9.26. The Labute approximate surface area is 77.5 Å². The first-order valence-electron chi connectivity index (χ1n) is 4.63. The number of ether oxygens (including phenoxy) is 1. The second-order valence-electron chi connectivity index (χ2n) is 3.63. The molecular formula is C11H13FO. The third kappa shape index (κ3) is 1.89. The quantitative estimate of drug-likeness (QED) is 0.645. The van der Waals surface area contributed by atoms with Gasteiger partial charge in [-0.3, -0.25) is 0 Å². The Morgan fingerprint density at radius 2 is 2.00 bits per heavy atom. The van der Waals surface area contributed by atoms with E-state index in [1.807, 2.05) is 12.1 Å². The summed E-state index contributed by atoms with van der Waals surface area (Å²) in [5, 5.41) is 0. The van der Waals surface area contributed by atoms with Crippen molar-refractivity contribution in [2.24, 2.45) is 0 Å². The van der Waals surface area contributed by atoms with Crippen LogP contribution in [0.3, 0.4) is 0 Å². The minimum absolute atomic E-state index is 0.171. The summed E-state index contributed by atoms with van der Waals surface area (Å²) in [4.78, 5) is 0. The van der Waals surface area contributed by atoms with Crippen LogP contribution in [0.5, 0.6) is 0 Å². The molecule has 0 spiro atoms. The Balaban J connectivity index is 2.13. The van der Waals surface area contributed by atoms with Gasteiger partial charge >= 0.3 is 0 Å². The predicted molar refractivity (Wildman–Crippen MR) is 49.2 cm³/mol. The van der Waals surface area contributed by atoms with Gasteiger partial charge in [0.15, 0.2) is 0 Å². The smallest absolute Gasteiger partial charge is 0.123 e. The average molecular weight is 180 g/mol. The van der Waals surface area contributed by atoms with Gasteiger partial charge in [-0.05, 0) is 31.0 Å². The maximum Gasteiger partial charge on any atom is 0.123 e. The summed E-state index contributed by atoms with van der Waals surface area (Å²) < 4.78 is 18.1. The normalized spacial score (nSPS) is 27.8. The molecule has 1 aromatic rings. The van der Waals surface area contributed by atoms with Crippen molar-refractivity contribution in [2.75, 3.05) is 6.61 Å². The molecule has 1 aliphatic rings. The van der Waals surface area contributed by atoms with Crippen LogP contribution in [0.1, 0.15) is 24.8 Å². The minimum Gasteiger partial charge on any atom is -0.378 e. The molecule has 0 radical (unpaired) electrons. The van der Waals surface area contributed by atoms with E-state index < -0.39 is 0 Å². The van der Waals surface area contributed by atoms with Crippen LogP contribution in [0, 0.1) is 5.82 Å². The van der Waals surface area contributed by atoms with E-state index in [-0.39, 0.29) is 5.82 Å². The molecule has 0 N–H and O–H groups in total. The van der Waals surface area contributed by atoms with Gasteiger partial charge in [-0.15, -0.1) is 0 Å². The molecule has 70 valence electrons. The van der Waals surface area contributed by atoms with Gasteiger partial charge < -0.3 is 4.74 Å². The average Bonchev–Trinajstić information content (AvgIpc) is 2.53. The maximum atomic E-state index is 12.6. The van der Waals surface area contributed by atoms with Crippen molar-refractivity contribution in [3.63, 3.8) is 0 Å². The van der Waals surface area contributed by atoms with Gasteiger partial charge in [0, 0.05) is 5.92 Å². The van der Waals surface area contributed by atoms with Crippen LogP contribution < -0.4 is 0 Å². The van der Waals surface area contributed by atoms with Gasteiger partial charge in [-0.1, -0.05) is 12.1 Å². The van der Waals surface area contributed by atoms with Crippen LogP contribution >= 0.6 is 0 Å². The number of hydrogen-bond donors (Lipinski definition) is 0. The molecule has 2 heteroatoms. The van der Waals surface area contributed by atoms with E-state index in [9.17, 15) is 4.39 Å². The summed E-state index contributed by atoms with van der Waals surface area (Å²) in [5.74, 6) is 0.284. The number of rotatable bonds is 1. The molecule has 0 bridgehead atoms. The van der Waals surface area contributed by atoms with Crippen LogP contribution in [0.25, 0.3) is 0 Å². The highest BCUT2D eigenvalue weighted by atomic mass is 19.1. The van der Waals surface area contributed by atoms with Crippen molar-refractivity contribution in [3.8, 4) is 0 Å². The highest BCUT2D eigenvalue weighted by Gasteiger charge is 2.23. The molecule has 2 rings (SSSR count). The van der Waals surface area contributed by atoms with E-state index in [0.717, 1.165) is 13.0 Å². The molecular weight excluding hydrogens is 167 g/mol. The van der Waals surface area contributed by atoms with Crippen LogP contribution in [0.2, 0.25) is 0 Å². The minimum atomic E-state index is -0.171. The van der Waals surface area contributed by atoms with E-state index in [1.165, 1.54) is 17.7 Å². The number of halogens is 1. The molecule has 0 aromatic heterocycles. The van der Waals surface area contributed by atoms with Crippen molar-refractivity contribution in [3.05, 3.63) is 35.6 Å². The van der Waals surface area contributed by atoms with Crippen molar-refractivity contribution >= 4 is 0 Å². The lowest BCUT2D eigenvalue weighted by molar-refractivity contribution is 0.123. The summed E-state index contributed by atoms with van der Waals surface area (Å²) in [6.45, 7) is 2.84. The van der Waals surface area contributed by atoms with Gasteiger partial charge in [-0.2, -0.15) is 0 Å². The molecule has 0 unspecified atom stereocenters. The van der Waals surface area contributed by atoms with Gasteiger partial charge in [-0.25, -0.2) is 4.39 Å². The first kappa shape index (κ1) is 8.70. The summed E-state index contributed by atoms with van der Waals surface area (Å²) >= 11 is 0. The van der Waals surface area contributed by atoms with Crippen molar-refractivity contribution in [1.82, 2.24) is 0 Å². The second-order valence-corrected chi connectivity index (χ2v) is 3.63. The lowest BCUT2D eigenvalue weighted by atomic mass is 9.97. The summed E-state index contributed by atoms with van der Waals surface area (Å²) in [7, 11) is 0. The van der Waals surface area contributed by atoms with Gasteiger partial charge in [0.25, 0.3) is 0 Å².